The molecule has 1 aromatic heterocycles. The summed E-state index contributed by atoms with van der Waals surface area (Å²) in [4.78, 5) is 11.5. The van der Waals surface area contributed by atoms with Gasteiger partial charge in [-0.3, -0.25) is 4.90 Å². The first-order valence-corrected chi connectivity index (χ1v) is 12.4. The number of sulfone groups is 1. The van der Waals surface area contributed by atoms with Gasteiger partial charge in [0.05, 0.1) is 23.6 Å². The second-order valence-corrected chi connectivity index (χ2v) is 9.92. The number of nitrogens with one attached hydrogen (secondary N) is 1. The highest BCUT2D eigenvalue weighted by Gasteiger charge is 2.25. The van der Waals surface area contributed by atoms with Crippen LogP contribution in [0.3, 0.4) is 0 Å². The predicted octanol–water partition coefficient (Wildman–Crippen LogP) is 3.68. The Bertz CT molecular complexity index is 1160. The molecule has 1 aliphatic heterocycles. The molecule has 31 heavy (non-hydrogen) atoms. The van der Waals surface area contributed by atoms with Crippen molar-refractivity contribution in [3.8, 4) is 5.75 Å². The molecule has 0 amide bonds. The van der Waals surface area contributed by atoms with E-state index in [2.05, 4.69) is 26.3 Å². The zero-order valence-electron chi connectivity index (χ0n) is 17.9. The number of likely N-dealkylation sites (tertiary alicyclic amines) is 1. The highest BCUT2D eigenvalue weighted by molar-refractivity contribution is 7.90. The molecule has 1 fully saturated rings. The van der Waals surface area contributed by atoms with E-state index in [4.69, 9.17) is 4.74 Å². The van der Waals surface area contributed by atoms with Crippen LogP contribution in [0.2, 0.25) is 0 Å². The number of hydrogen-bond acceptors (Lipinski definition) is 7. The van der Waals surface area contributed by atoms with Gasteiger partial charge in [-0.05, 0) is 50.2 Å². The fourth-order valence-electron chi connectivity index (χ4n) is 4.21. The summed E-state index contributed by atoms with van der Waals surface area (Å²) in [5.74, 6) is 1.50. The summed E-state index contributed by atoms with van der Waals surface area (Å²) < 4.78 is 29.7. The SMILES string of the molecule is COc1ccccc1C(CNc1ncnc2ccc(S(C)(=O)=O)cc12)N1CCCCC1. The third kappa shape index (κ3) is 4.80. The summed E-state index contributed by atoms with van der Waals surface area (Å²) in [6, 6.07) is 13.2. The zero-order valence-corrected chi connectivity index (χ0v) is 18.7. The van der Waals surface area contributed by atoms with Crippen LogP contribution >= 0.6 is 0 Å². The first-order chi connectivity index (χ1) is 15.0. The molecular weight excluding hydrogens is 412 g/mol. The standard InChI is InChI=1S/C23H28N4O3S/c1-30-22-9-5-4-8-18(22)21(27-12-6-3-7-13-27)15-24-23-19-14-17(31(2,28)29)10-11-20(19)25-16-26-23/h4-5,8-11,14,16,21H,3,6-7,12-13,15H2,1-2H3,(H,24,25,26). The molecule has 164 valence electrons. The lowest BCUT2D eigenvalue weighted by molar-refractivity contribution is 0.168. The Kier molecular flexibility index (Phi) is 6.38. The maximum atomic E-state index is 12.0. The van der Waals surface area contributed by atoms with Crippen LogP contribution in [0.15, 0.2) is 53.7 Å². The molecule has 4 rings (SSSR count). The van der Waals surface area contributed by atoms with E-state index in [1.165, 1.54) is 31.8 Å². The number of anilines is 1. The van der Waals surface area contributed by atoms with Crippen LogP contribution in [0.4, 0.5) is 5.82 Å². The van der Waals surface area contributed by atoms with Gasteiger partial charge in [0.2, 0.25) is 0 Å². The Hall–Kier alpha value is -2.71. The fourth-order valence-corrected chi connectivity index (χ4v) is 4.86. The van der Waals surface area contributed by atoms with Crippen LogP contribution in [0.1, 0.15) is 30.9 Å². The summed E-state index contributed by atoms with van der Waals surface area (Å²) in [7, 11) is -1.62. The number of fused-ring (bicyclic) bond motifs is 1. The van der Waals surface area contributed by atoms with Crippen molar-refractivity contribution in [3.63, 3.8) is 0 Å². The van der Waals surface area contributed by atoms with E-state index in [-0.39, 0.29) is 10.9 Å². The van der Waals surface area contributed by atoms with Gasteiger partial charge in [-0.25, -0.2) is 18.4 Å². The third-order valence-electron chi connectivity index (χ3n) is 5.83. The largest absolute Gasteiger partial charge is 0.496 e. The molecule has 0 bridgehead atoms. The highest BCUT2D eigenvalue weighted by Crippen LogP contribution is 2.32. The van der Waals surface area contributed by atoms with Crippen molar-refractivity contribution in [2.45, 2.75) is 30.2 Å². The number of benzene rings is 2. The molecule has 0 spiro atoms. The van der Waals surface area contributed by atoms with Crippen molar-refractivity contribution in [2.24, 2.45) is 0 Å². The van der Waals surface area contributed by atoms with Crippen LogP contribution in [0, 0.1) is 0 Å². The molecule has 8 heteroatoms. The summed E-state index contributed by atoms with van der Waals surface area (Å²) in [6.45, 7) is 2.69. The van der Waals surface area contributed by atoms with E-state index in [0.717, 1.165) is 24.4 Å². The van der Waals surface area contributed by atoms with Crippen LogP contribution in [-0.4, -0.2) is 56.3 Å². The minimum atomic E-state index is -3.32. The van der Waals surface area contributed by atoms with Gasteiger partial charge in [0.15, 0.2) is 9.84 Å². The number of methoxy groups -OCH3 is 1. The number of piperidine rings is 1. The minimum Gasteiger partial charge on any atom is -0.496 e. The van der Waals surface area contributed by atoms with Gasteiger partial charge in [0.25, 0.3) is 0 Å². The van der Waals surface area contributed by atoms with Gasteiger partial charge >= 0.3 is 0 Å². The second kappa shape index (κ2) is 9.20. The molecule has 3 aromatic rings. The number of nitrogens with zero attached hydrogens (tertiary/aromatic N) is 3. The fraction of sp³-hybridized carbons (Fsp3) is 0.391. The molecule has 2 heterocycles. The molecular formula is C23H28N4O3S. The molecule has 0 saturated carbocycles. The van der Waals surface area contributed by atoms with Crippen molar-refractivity contribution < 1.29 is 13.2 Å². The monoisotopic (exact) mass is 440 g/mol. The molecule has 0 aliphatic carbocycles. The van der Waals surface area contributed by atoms with E-state index in [1.54, 1.807) is 25.3 Å². The average Bonchev–Trinajstić information content (AvgIpc) is 2.79. The molecule has 2 aromatic carbocycles. The van der Waals surface area contributed by atoms with Crippen molar-refractivity contribution in [1.82, 2.24) is 14.9 Å². The first-order valence-electron chi connectivity index (χ1n) is 10.5. The van der Waals surface area contributed by atoms with Gasteiger partial charge in [0, 0.05) is 23.8 Å². The highest BCUT2D eigenvalue weighted by atomic mass is 32.2. The summed E-state index contributed by atoms with van der Waals surface area (Å²) >= 11 is 0. The number of aromatic nitrogens is 2. The Labute approximate surface area is 183 Å². The maximum Gasteiger partial charge on any atom is 0.175 e. The van der Waals surface area contributed by atoms with Crippen molar-refractivity contribution in [3.05, 3.63) is 54.4 Å². The lowest BCUT2D eigenvalue weighted by atomic mass is 10.0. The normalized spacial score (nSPS) is 16.2. The topological polar surface area (TPSA) is 84.4 Å². The smallest absolute Gasteiger partial charge is 0.175 e. The number of hydrogen-bond donors (Lipinski definition) is 1. The van der Waals surface area contributed by atoms with E-state index < -0.39 is 9.84 Å². The molecule has 0 radical (unpaired) electrons. The third-order valence-corrected chi connectivity index (χ3v) is 6.94. The molecule has 1 saturated heterocycles. The van der Waals surface area contributed by atoms with Gasteiger partial charge < -0.3 is 10.1 Å². The van der Waals surface area contributed by atoms with Gasteiger partial charge in [-0.1, -0.05) is 24.6 Å². The quantitative estimate of drug-likeness (QED) is 0.600. The van der Waals surface area contributed by atoms with E-state index >= 15 is 0 Å². The van der Waals surface area contributed by atoms with Crippen LogP contribution in [-0.2, 0) is 9.84 Å². The average molecular weight is 441 g/mol. The van der Waals surface area contributed by atoms with Crippen LogP contribution in [0.5, 0.6) is 5.75 Å². The zero-order chi connectivity index (χ0) is 21.8. The van der Waals surface area contributed by atoms with Gasteiger partial charge in [-0.2, -0.15) is 0 Å². The predicted molar refractivity (Wildman–Crippen MR) is 122 cm³/mol. The van der Waals surface area contributed by atoms with E-state index in [1.807, 2.05) is 18.2 Å². The van der Waals surface area contributed by atoms with Gasteiger partial charge in [0.1, 0.15) is 17.9 Å². The summed E-state index contributed by atoms with van der Waals surface area (Å²) in [5.41, 5.74) is 1.84. The molecule has 1 atom stereocenters. The Morgan fingerprint density at radius 3 is 2.61 bits per heavy atom. The number of ether oxygens (including phenoxy) is 1. The van der Waals surface area contributed by atoms with Gasteiger partial charge in [-0.15, -0.1) is 0 Å². The Morgan fingerprint density at radius 2 is 1.87 bits per heavy atom. The van der Waals surface area contributed by atoms with E-state index in [0.29, 0.717) is 23.3 Å². The lowest BCUT2D eigenvalue weighted by Gasteiger charge is -2.35. The molecule has 7 nitrogen and oxygen atoms in total. The van der Waals surface area contributed by atoms with E-state index in [9.17, 15) is 8.42 Å². The number of rotatable bonds is 7. The molecule has 1 aliphatic rings. The number of para-hydroxylation sites is 1. The molecule has 1 N–H and O–H groups in total. The maximum absolute atomic E-state index is 12.0. The second-order valence-electron chi connectivity index (χ2n) is 7.91. The molecule has 1 unspecified atom stereocenters. The Morgan fingerprint density at radius 1 is 1.10 bits per heavy atom. The lowest BCUT2D eigenvalue weighted by Crippen LogP contribution is -2.37. The first kappa shape index (κ1) is 21.5. The van der Waals surface area contributed by atoms with Crippen molar-refractivity contribution in [2.75, 3.05) is 38.3 Å². The minimum absolute atomic E-state index is 0.111. The summed E-state index contributed by atoms with van der Waals surface area (Å²) in [5, 5.41) is 4.17. The summed E-state index contributed by atoms with van der Waals surface area (Å²) in [6.07, 6.45) is 6.33. The van der Waals surface area contributed by atoms with Crippen LogP contribution in [0.25, 0.3) is 10.9 Å². The Balaban J connectivity index is 1.67. The van der Waals surface area contributed by atoms with Crippen LogP contribution < -0.4 is 10.1 Å². The van der Waals surface area contributed by atoms with Crippen molar-refractivity contribution >= 4 is 26.6 Å². The van der Waals surface area contributed by atoms with Crippen molar-refractivity contribution in [1.29, 1.82) is 0 Å².